The van der Waals surface area contributed by atoms with Gasteiger partial charge in [-0.3, -0.25) is 9.59 Å². The normalized spacial score (nSPS) is 12.1. The van der Waals surface area contributed by atoms with Crippen LogP contribution < -0.4 is 0 Å². The Morgan fingerprint density at radius 1 is 1.28 bits per heavy atom. The molecule has 0 aromatic heterocycles. The molecule has 0 radical (unpaired) electrons. The Labute approximate surface area is 112 Å². The Morgan fingerprint density at radius 2 is 1.94 bits per heavy atom. The molecule has 0 saturated heterocycles. The van der Waals surface area contributed by atoms with Gasteiger partial charge in [0.1, 0.15) is 0 Å². The van der Waals surface area contributed by atoms with Crippen molar-refractivity contribution in [2.24, 2.45) is 5.92 Å². The van der Waals surface area contributed by atoms with Gasteiger partial charge in [0.15, 0.2) is 5.12 Å². The molecule has 3 nitrogen and oxygen atoms in total. The number of carboxylic acids is 1. The van der Waals surface area contributed by atoms with E-state index in [0.717, 1.165) is 24.6 Å². The lowest BCUT2D eigenvalue weighted by atomic mass is 10.0. The number of aliphatic carboxylic acids is 1. The highest BCUT2D eigenvalue weighted by Gasteiger charge is 2.17. The van der Waals surface area contributed by atoms with Crippen LogP contribution in [0.4, 0.5) is 0 Å². The van der Waals surface area contributed by atoms with E-state index in [-0.39, 0.29) is 5.12 Å². The first-order chi connectivity index (χ1) is 8.59. The second-order valence-electron chi connectivity index (χ2n) is 4.22. The van der Waals surface area contributed by atoms with Gasteiger partial charge in [-0.25, -0.2) is 0 Å². The largest absolute Gasteiger partial charge is 0.481 e. The number of hydrogen-bond acceptors (Lipinski definition) is 3. The molecule has 0 aliphatic carbocycles. The topological polar surface area (TPSA) is 54.4 Å². The maximum atomic E-state index is 11.0. The summed E-state index contributed by atoms with van der Waals surface area (Å²) in [6, 6.07) is 10.0. The zero-order valence-electron chi connectivity index (χ0n) is 10.5. The van der Waals surface area contributed by atoms with Crippen LogP contribution >= 0.6 is 11.8 Å². The first kappa shape index (κ1) is 14.8. The molecule has 0 saturated carbocycles. The summed E-state index contributed by atoms with van der Waals surface area (Å²) in [6.07, 6.45) is 2.33. The van der Waals surface area contributed by atoms with Gasteiger partial charge in [0.2, 0.25) is 0 Å². The Kier molecular flexibility index (Phi) is 6.50. The zero-order chi connectivity index (χ0) is 13.4. The first-order valence-corrected chi connectivity index (χ1v) is 6.98. The minimum absolute atomic E-state index is 0.0238. The molecule has 4 heteroatoms. The summed E-state index contributed by atoms with van der Waals surface area (Å²) in [5.74, 6) is -0.862. The van der Waals surface area contributed by atoms with Crippen molar-refractivity contribution in [1.82, 2.24) is 0 Å². The van der Waals surface area contributed by atoms with Gasteiger partial charge in [-0.1, -0.05) is 42.1 Å². The number of thioether (sulfide) groups is 1. The lowest BCUT2D eigenvalue weighted by Crippen LogP contribution is -2.17. The van der Waals surface area contributed by atoms with Crippen LogP contribution in [0.5, 0.6) is 0 Å². The fourth-order valence-electron chi connectivity index (χ4n) is 1.69. The Bertz CT molecular complexity index is 389. The van der Waals surface area contributed by atoms with Crippen LogP contribution in [0, 0.1) is 5.92 Å². The Hall–Kier alpha value is -1.29. The van der Waals surface area contributed by atoms with E-state index in [0.29, 0.717) is 12.2 Å². The van der Waals surface area contributed by atoms with Crippen molar-refractivity contribution in [3.63, 3.8) is 0 Å². The Balaban J connectivity index is 2.34. The number of hydrogen-bond donors (Lipinski definition) is 1. The summed E-state index contributed by atoms with van der Waals surface area (Å²) in [7, 11) is 0. The minimum Gasteiger partial charge on any atom is -0.481 e. The highest BCUT2D eigenvalue weighted by molar-refractivity contribution is 8.13. The third kappa shape index (κ3) is 5.87. The third-order valence-corrected chi connectivity index (χ3v) is 3.67. The summed E-state index contributed by atoms with van der Waals surface area (Å²) in [4.78, 5) is 21.9. The first-order valence-electron chi connectivity index (χ1n) is 5.99. The van der Waals surface area contributed by atoms with Crippen molar-refractivity contribution in [3.05, 3.63) is 35.9 Å². The molecule has 1 N–H and O–H groups in total. The van der Waals surface area contributed by atoms with Crippen molar-refractivity contribution in [2.45, 2.75) is 26.2 Å². The molecule has 0 spiro atoms. The number of carbonyl (C=O) groups is 2. The highest BCUT2D eigenvalue weighted by Crippen LogP contribution is 2.17. The van der Waals surface area contributed by atoms with E-state index in [1.165, 1.54) is 12.5 Å². The second kappa shape index (κ2) is 7.93. The van der Waals surface area contributed by atoms with Gasteiger partial charge < -0.3 is 5.11 Å². The van der Waals surface area contributed by atoms with E-state index in [4.69, 9.17) is 5.11 Å². The van der Waals surface area contributed by atoms with Gasteiger partial charge in [-0.05, 0) is 24.8 Å². The standard InChI is InChI=1S/C14H18O3S/c1-11(15)18-10-13(14(16)17)9-5-8-12-6-3-2-4-7-12/h2-4,6-7,13H,5,8-10H2,1H3,(H,16,17)/t13-/m1/s1. The van der Waals surface area contributed by atoms with Gasteiger partial charge >= 0.3 is 5.97 Å². The molecule has 1 aromatic carbocycles. The predicted octanol–water partition coefficient (Wildman–Crippen LogP) is 2.99. The van der Waals surface area contributed by atoms with Crippen LogP contribution in [0.1, 0.15) is 25.3 Å². The zero-order valence-corrected chi connectivity index (χ0v) is 11.3. The van der Waals surface area contributed by atoms with Crippen LogP contribution in [0.3, 0.4) is 0 Å². The third-order valence-electron chi connectivity index (χ3n) is 2.70. The molecule has 1 atom stereocenters. The summed E-state index contributed by atoms with van der Waals surface area (Å²) >= 11 is 1.09. The monoisotopic (exact) mass is 266 g/mol. The fourth-order valence-corrected chi connectivity index (χ4v) is 2.44. The van der Waals surface area contributed by atoms with Gasteiger partial charge in [0.25, 0.3) is 0 Å². The van der Waals surface area contributed by atoms with Gasteiger partial charge in [0, 0.05) is 12.7 Å². The number of rotatable bonds is 7. The lowest BCUT2D eigenvalue weighted by Gasteiger charge is -2.10. The molecule has 0 amide bonds. The minimum atomic E-state index is -0.809. The number of benzene rings is 1. The van der Waals surface area contributed by atoms with Crippen LogP contribution in [0.2, 0.25) is 0 Å². The van der Waals surface area contributed by atoms with Crippen molar-refractivity contribution in [3.8, 4) is 0 Å². The summed E-state index contributed by atoms with van der Waals surface area (Å²) in [5, 5.41) is 9.03. The summed E-state index contributed by atoms with van der Waals surface area (Å²) in [5.41, 5.74) is 1.22. The van der Waals surface area contributed by atoms with E-state index in [1.54, 1.807) is 0 Å². The number of aryl methyl sites for hydroxylation is 1. The quantitative estimate of drug-likeness (QED) is 0.824. The average Bonchev–Trinajstić information content (AvgIpc) is 2.34. The van der Waals surface area contributed by atoms with Crippen molar-refractivity contribution < 1.29 is 14.7 Å². The summed E-state index contributed by atoms with van der Waals surface area (Å²) < 4.78 is 0. The second-order valence-corrected chi connectivity index (χ2v) is 5.41. The average molecular weight is 266 g/mol. The molecule has 0 aliphatic heterocycles. The molecular formula is C14H18O3S. The van der Waals surface area contributed by atoms with Gasteiger partial charge in [-0.15, -0.1) is 0 Å². The maximum Gasteiger partial charge on any atom is 0.307 e. The van der Waals surface area contributed by atoms with E-state index in [9.17, 15) is 9.59 Å². The SMILES string of the molecule is CC(=O)SC[C@@H](CCCc1ccccc1)C(=O)O. The van der Waals surface area contributed by atoms with Crippen molar-refractivity contribution in [2.75, 3.05) is 5.75 Å². The predicted molar refractivity (Wildman–Crippen MR) is 73.6 cm³/mol. The Morgan fingerprint density at radius 3 is 2.50 bits per heavy atom. The molecular weight excluding hydrogens is 248 g/mol. The lowest BCUT2D eigenvalue weighted by molar-refractivity contribution is -0.141. The molecule has 0 aliphatic rings. The summed E-state index contributed by atoms with van der Waals surface area (Å²) in [6.45, 7) is 1.47. The molecule has 1 aromatic rings. The smallest absolute Gasteiger partial charge is 0.307 e. The molecule has 1 rings (SSSR count). The molecule has 0 unspecified atom stereocenters. The van der Waals surface area contributed by atoms with E-state index in [2.05, 4.69) is 0 Å². The maximum absolute atomic E-state index is 11.0. The van der Waals surface area contributed by atoms with Crippen molar-refractivity contribution in [1.29, 1.82) is 0 Å². The number of carbonyl (C=O) groups excluding carboxylic acids is 1. The molecule has 98 valence electrons. The van der Waals surface area contributed by atoms with E-state index in [1.807, 2.05) is 30.3 Å². The van der Waals surface area contributed by atoms with E-state index < -0.39 is 11.9 Å². The van der Waals surface area contributed by atoms with Crippen LogP contribution in [0.25, 0.3) is 0 Å². The number of carboxylic acid groups (broad SMARTS) is 1. The van der Waals surface area contributed by atoms with Gasteiger partial charge in [-0.2, -0.15) is 0 Å². The van der Waals surface area contributed by atoms with Crippen LogP contribution in [-0.4, -0.2) is 21.9 Å². The fraction of sp³-hybridized carbons (Fsp3) is 0.429. The highest BCUT2D eigenvalue weighted by atomic mass is 32.2. The van der Waals surface area contributed by atoms with E-state index >= 15 is 0 Å². The van der Waals surface area contributed by atoms with Crippen LogP contribution in [-0.2, 0) is 16.0 Å². The van der Waals surface area contributed by atoms with Gasteiger partial charge in [0.05, 0.1) is 5.92 Å². The van der Waals surface area contributed by atoms with Crippen LogP contribution in [0.15, 0.2) is 30.3 Å². The molecule has 0 fully saturated rings. The molecule has 0 heterocycles. The molecule has 18 heavy (non-hydrogen) atoms. The van der Waals surface area contributed by atoms with Crippen molar-refractivity contribution >= 4 is 22.8 Å². The molecule has 0 bridgehead atoms.